The molecular formula is C15H9N5O. The molecule has 0 atom stereocenters. The molecule has 0 aliphatic heterocycles. The minimum absolute atomic E-state index is 0.262. The van der Waals surface area contributed by atoms with E-state index >= 15 is 0 Å². The van der Waals surface area contributed by atoms with Gasteiger partial charge < -0.3 is 0 Å². The highest BCUT2D eigenvalue weighted by Crippen LogP contribution is 2.15. The van der Waals surface area contributed by atoms with Crippen LogP contribution in [0, 0.1) is 0 Å². The van der Waals surface area contributed by atoms with Crippen LogP contribution in [0.4, 0.5) is 0 Å². The molecule has 2 heterocycles. The molecule has 0 amide bonds. The molecule has 0 aliphatic carbocycles. The fourth-order valence-electron chi connectivity index (χ4n) is 2.23. The van der Waals surface area contributed by atoms with Gasteiger partial charge in [-0.25, -0.2) is 0 Å². The fraction of sp³-hybridized carbons (Fsp3) is 0. The molecule has 0 bridgehead atoms. The summed E-state index contributed by atoms with van der Waals surface area (Å²) >= 11 is 0. The molecule has 21 heavy (non-hydrogen) atoms. The Kier molecular flexibility index (Phi) is 2.47. The summed E-state index contributed by atoms with van der Waals surface area (Å²) in [7, 11) is 0. The van der Waals surface area contributed by atoms with Crippen molar-refractivity contribution in [1.82, 2.24) is 25.0 Å². The minimum Gasteiger partial charge on any atom is -0.265 e. The van der Waals surface area contributed by atoms with Crippen molar-refractivity contribution in [3.05, 3.63) is 65.0 Å². The Hall–Kier alpha value is -3.15. The number of nitrogens with zero attached hydrogens (tertiary/aromatic N) is 5. The molecule has 100 valence electrons. The normalized spacial score (nSPS) is 11.0. The van der Waals surface area contributed by atoms with E-state index in [0.29, 0.717) is 16.7 Å². The van der Waals surface area contributed by atoms with E-state index in [1.807, 2.05) is 54.6 Å². The van der Waals surface area contributed by atoms with Gasteiger partial charge in [-0.2, -0.15) is 4.98 Å². The van der Waals surface area contributed by atoms with Crippen molar-refractivity contribution in [2.45, 2.75) is 0 Å². The van der Waals surface area contributed by atoms with Crippen molar-refractivity contribution >= 4 is 16.6 Å². The van der Waals surface area contributed by atoms with Crippen LogP contribution < -0.4 is 5.56 Å². The van der Waals surface area contributed by atoms with Gasteiger partial charge in [0.15, 0.2) is 11.3 Å². The first-order valence-electron chi connectivity index (χ1n) is 6.41. The largest absolute Gasteiger partial charge is 0.300 e. The van der Waals surface area contributed by atoms with Crippen molar-refractivity contribution in [2.75, 3.05) is 0 Å². The second kappa shape index (κ2) is 4.45. The number of rotatable bonds is 1. The summed E-state index contributed by atoms with van der Waals surface area (Å²) in [6.07, 6.45) is 0. The third-order valence-corrected chi connectivity index (χ3v) is 3.22. The second-order valence-corrected chi connectivity index (χ2v) is 4.55. The Balaban J connectivity index is 2.08. The highest BCUT2D eigenvalue weighted by Gasteiger charge is 2.11. The molecule has 2 aromatic carbocycles. The standard InChI is InChI=1S/C15H9N5O/c21-15-13(10-6-2-1-3-7-10)18-20-14(16-15)11-8-4-5-9-12(11)17-19-20/h1-9H. The van der Waals surface area contributed by atoms with Gasteiger partial charge >= 0.3 is 0 Å². The molecule has 0 unspecified atom stereocenters. The Labute approximate surface area is 118 Å². The maximum Gasteiger partial charge on any atom is 0.300 e. The van der Waals surface area contributed by atoms with Crippen molar-refractivity contribution in [3.63, 3.8) is 0 Å². The van der Waals surface area contributed by atoms with Crippen molar-refractivity contribution in [2.24, 2.45) is 0 Å². The average molecular weight is 275 g/mol. The summed E-state index contributed by atoms with van der Waals surface area (Å²) < 4.78 is 1.30. The lowest BCUT2D eigenvalue weighted by atomic mass is 10.2. The average Bonchev–Trinajstić information content (AvgIpc) is 2.55. The third kappa shape index (κ3) is 1.85. The van der Waals surface area contributed by atoms with Crippen molar-refractivity contribution < 1.29 is 0 Å². The smallest absolute Gasteiger partial charge is 0.265 e. The van der Waals surface area contributed by atoms with Gasteiger partial charge in [-0.15, -0.1) is 14.8 Å². The van der Waals surface area contributed by atoms with Crippen LogP contribution in [0.3, 0.4) is 0 Å². The molecule has 0 saturated carbocycles. The summed E-state index contributed by atoms with van der Waals surface area (Å²) in [6.45, 7) is 0. The Morgan fingerprint density at radius 3 is 2.52 bits per heavy atom. The van der Waals surface area contributed by atoms with E-state index < -0.39 is 0 Å². The van der Waals surface area contributed by atoms with Crippen molar-refractivity contribution in [1.29, 1.82) is 0 Å². The number of hydrogen-bond acceptors (Lipinski definition) is 5. The predicted molar refractivity (Wildman–Crippen MR) is 77.8 cm³/mol. The zero-order valence-corrected chi connectivity index (χ0v) is 10.8. The molecule has 6 heteroatoms. The molecule has 6 nitrogen and oxygen atoms in total. The molecule has 0 aliphatic rings. The first-order valence-corrected chi connectivity index (χ1v) is 6.41. The summed E-state index contributed by atoms with van der Waals surface area (Å²) in [5.74, 6) is 0. The Bertz CT molecular complexity index is 1010. The van der Waals surface area contributed by atoms with Crippen LogP contribution in [0.15, 0.2) is 59.4 Å². The monoisotopic (exact) mass is 275 g/mol. The Morgan fingerprint density at radius 1 is 0.905 bits per heavy atom. The van der Waals surface area contributed by atoms with Crippen LogP contribution in [0.2, 0.25) is 0 Å². The quantitative estimate of drug-likeness (QED) is 0.494. The molecule has 0 N–H and O–H groups in total. The van der Waals surface area contributed by atoms with E-state index in [1.165, 1.54) is 4.63 Å². The van der Waals surface area contributed by atoms with Crippen molar-refractivity contribution in [3.8, 4) is 11.3 Å². The predicted octanol–water partition coefficient (Wildman–Crippen LogP) is 1.70. The maximum absolute atomic E-state index is 12.2. The van der Waals surface area contributed by atoms with E-state index in [9.17, 15) is 4.79 Å². The first-order chi connectivity index (χ1) is 10.3. The molecule has 4 aromatic rings. The number of fused-ring (bicyclic) bond motifs is 3. The highest BCUT2D eigenvalue weighted by atomic mass is 16.1. The van der Waals surface area contributed by atoms with Gasteiger partial charge in [0.1, 0.15) is 0 Å². The van der Waals surface area contributed by atoms with Gasteiger partial charge in [0.05, 0.1) is 5.52 Å². The summed E-state index contributed by atoms with van der Waals surface area (Å²) in [4.78, 5) is 16.4. The molecule has 0 spiro atoms. The van der Waals surface area contributed by atoms with E-state index in [2.05, 4.69) is 20.4 Å². The van der Waals surface area contributed by atoms with E-state index in [0.717, 1.165) is 5.39 Å². The van der Waals surface area contributed by atoms with E-state index in [-0.39, 0.29) is 11.3 Å². The molecule has 0 saturated heterocycles. The molecule has 4 rings (SSSR count). The minimum atomic E-state index is -0.376. The number of hydrogen-bond donors (Lipinski definition) is 0. The molecule has 0 fully saturated rings. The third-order valence-electron chi connectivity index (χ3n) is 3.22. The lowest BCUT2D eigenvalue weighted by Gasteiger charge is -2.03. The van der Waals surface area contributed by atoms with Gasteiger partial charge in [-0.3, -0.25) is 4.79 Å². The molecule has 2 aromatic heterocycles. The summed E-state index contributed by atoms with van der Waals surface area (Å²) in [5, 5.41) is 13.1. The highest BCUT2D eigenvalue weighted by molar-refractivity contribution is 5.90. The maximum atomic E-state index is 12.2. The summed E-state index contributed by atoms with van der Waals surface area (Å²) in [6, 6.07) is 16.6. The van der Waals surface area contributed by atoms with Crippen LogP contribution >= 0.6 is 0 Å². The topological polar surface area (TPSA) is 73.0 Å². The Morgan fingerprint density at radius 2 is 1.67 bits per heavy atom. The zero-order chi connectivity index (χ0) is 14.2. The van der Waals surface area contributed by atoms with Crippen LogP contribution in [0.1, 0.15) is 0 Å². The first kappa shape index (κ1) is 11.7. The lowest BCUT2D eigenvalue weighted by Crippen LogP contribution is -2.18. The zero-order valence-electron chi connectivity index (χ0n) is 10.8. The number of benzene rings is 2. The molecular weight excluding hydrogens is 266 g/mol. The van der Waals surface area contributed by atoms with Crippen LogP contribution in [-0.2, 0) is 0 Å². The van der Waals surface area contributed by atoms with Gasteiger partial charge in [-0.05, 0) is 17.3 Å². The van der Waals surface area contributed by atoms with Gasteiger partial charge in [0.2, 0.25) is 0 Å². The van der Waals surface area contributed by atoms with Gasteiger partial charge in [0, 0.05) is 10.9 Å². The second-order valence-electron chi connectivity index (χ2n) is 4.55. The SMILES string of the molecule is O=c1nc2c3ccccc3nnn2nc1-c1ccccc1. The molecule has 0 radical (unpaired) electrons. The number of aromatic nitrogens is 5. The van der Waals surface area contributed by atoms with Crippen LogP contribution in [0.25, 0.3) is 27.8 Å². The van der Waals surface area contributed by atoms with Crippen LogP contribution in [0.5, 0.6) is 0 Å². The van der Waals surface area contributed by atoms with E-state index in [4.69, 9.17) is 0 Å². The van der Waals surface area contributed by atoms with E-state index in [1.54, 1.807) is 0 Å². The lowest BCUT2D eigenvalue weighted by molar-refractivity contribution is 0.704. The fourth-order valence-corrected chi connectivity index (χ4v) is 2.23. The summed E-state index contributed by atoms with van der Waals surface area (Å²) in [5.41, 5.74) is 1.68. The van der Waals surface area contributed by atoms with Crippen LogP contribution in [-0.4, -0.2) is 25.0 Å². The van der Waals surface area contributed by atoms with Gasteiger partial charge in [-0.1, -0.05) is 42.5 Å². The van der Waals surface area contributed by atoms with Gasteiger partial charge in [0.25, 0.3) is 5.56 Å².